The molecule has 0 aliphatic rings. The highest BCUT2D eigenvalue weighted by Crippen LogP contribution is 2.24. The normalized spacial score (nSPS) is 10.3. The predicted octanol–water partition coefficient (Wildman–Crippen LogP) is 2.52. The molecule has 6 heteroatoms. The zero-order chi connectivity index (χ0) is 11.5. The van der Waals surface area contributed by atoms with Crippen LogP contribution in [0.3, 0.4) is 0 Å². The lowest BCUT2D eigenvalue weighted by Gasteiger charge is -2.04. The van der Waals surface area contributed by atoms with Crippen molar-refractivity contribution in [1.82, 2.24) is 9.78 Å². The van der Waals surface area contributed by atoms with E-state index in [0.717, 1.165) is 0 Å². The molecule has 0 unspecified atom stereocenters. The number of nitro benzene ring substituents is 1. The molecule has 0 radical (unpaired) electrons. The second-order valence-electron chi connectivity index (χ2n) is 3.16. The average molecular weight is 238 g/mol. The van der Waals surface area contributed by atoms with Gasteiger partial charge < -0.3 is 0 Å². The second kappa shape index (κ2) is 4.32. The van der Waals surface area contributed by atoms with Crippen molar-refractivity contribution in [3.05, 3.63) is 52.3 Å². The Balaban J connectivity index is 2.57. The molecule has 0 saturated carbocycles. The summed E-state index contributed by atoms with van der Waals surface area (Å²) >= 11 is 5.64. The lowest BCUT2D eigenvalue weighted by molar-refractivity contribution is -0.384. The van der Waals surface area contributed by atoms with Crippen LogP contribution < -0.4 is 0 Å². The molecule has 5 nitrogen and oxygen atoms in total. The van der Waals surface area contributed by atoms with E-state index in [2.05, 4.69) is 5.10 Å². The quantitative estimate of drug-likeness (QED) is 0.468. The topological polar surface area (TPSA) is 61.0 Å². The second-order valence-corrected chi connectivity index (χ2v) is 3.43. The summed E-state index contributed by atoms with van der Waals surface area (Å²) in [5, 5.41) is 14.9. The molecule has 1 aromatic carbocycles. The molecule has 0 atom stereocenters. The molecule has 0 N–H and O–H groups in total. The Labute approximate surface area is 96.4 Å². The van der Waals surface area contributed by atoms with Gasteiger partial charge in [0, 0.05) is 24.3 Å². The first kappa shape index (κ1) is 10.6. The SMILES string of the molecule is O=[N+]([O-])c1cc(CCl)ccc1-n1cccn1. The van der Waals surface area contributed by atoms with Crippen molar-refractivity contribution >= 4 is 17.3 Å². The number of nitro groups is 1. The largest absolute Gasteiger partial charge is 0.295 e. The fraction of sp³-hybridized carbons (Fsp3) is 0.100. The number of nitrogens with zero attached hydrogens (tertiary/aromatic N) is 3. The molecular weight excluding hydrogens is 230 g/mol. The third kappa shape index (κ3) is 1.90. The maximum absolute atomic E-state index is 10.9. The number of hydrogen-bond donors (Lipinski definition) is 0. The van der Waals surface area contributed by atoms with Gasteiger partial charge in [-0.2, -0.15) is 5.10 Å². The molecule has 0 saturated heterocycles. The van der Waals surface area contributed by atoms with Gasteiger partial charge in [0.25, 0.3) is 5.69 Å². The Morgan fingerprint density at radius 1 is 1.50 bits per heavy atom. The van der Waals surface area contributed by atoms with Crippen molar-refractivity contribution < 1.29 is 4.92 Å². The third-order valence-corrected chi connectivity index (χ3v) is 2.45. The molecule has 0 amide bonds. The van der Waals surface area contributed by atoms with Crippen molar-refractivity contribution in [3.63, 3.8) is 0 Å². The molecule has 0 fully saturated rings. The van der Waals surface area contributed by atoms with E-state index in [9.17, 15) is 10.1 Å². The molecule has 1 aromatic heterocycles. The zero-order valence-corrected chi connectivity index (χ0v) is 8.96. The van der Waals surface area contributed by atoms with E-state index in [-0.39, 0.29) is 11.6 Å². The van der Waals surface area contributed by atoms with E-state index in [0.29, 0.717) is 11.3 Å². The number of benzene rings is 1. The Bertz CT molecular complexity index is 511. The van der Waals surface area contributed by atoms with E-state index in [1.165, 1.54) is 10.7 Å². The maximum Gasteiger partial charge on any atom is 0.295 e. The molecule has 2 aromatic rings. The van der Waals surface area contributed by atoms with Gasteiger partial charge >= 0.3 is 0 Å². The van der Waals surface area contributed by atoms with Gasteiger partial charge in [0.05, 0.1) is 4.92 Å². The highest BCUT2D eigenvalue weighted by Gasteiger charge is 2.15. The lowest BCUT2D eigenvalue weighted by atomic mass is 10.2. The summed E-state index contributed by atoms with van der Waals surface area (Å²) < 4.78 is 1.45. The predicted molar refractivity (Wildman–Crippen MR) is 59.8 cm³/mol. The molecule has 0 aliphatic carbocycles. The average Bonchev–Trinajstić information content (AvgIpc) is 2.81. The van der Waals surface area contributed by atoms with Crippen LogP contribution in [0.4, 0.5) is 5.69 Å². The van der Waals surface area contributed by atoms with Gasteiger partial charge in [-0.1, -0.05) is 6.07 Å². The van der Waals surface area contributed by atoms with Crippen molar-refractivity contribution in [1.29, 1.82) is 0 Å². The molecule has 2 rings (SSSR count). The Morgan fingerprint density at radius 3 is 2.88 bits per heavy atom. The van der Waals surface area contributed by atoms with Crippen LogP contribution in [-0.2, 0) is 5.88 Å². The Kier molecular flexibility index (Phi) is 2.87. The van der Waals surface area contributed by atoms with Crippen LogP contribution in [0.5, 0.6) is 0 Å². The first-order valence-electron chi connectivity index (χ1n) is 4.55. The number of halogens is 1. The Morgan fingerprint density at radius 2 is 2.31 bits per heavy atom. The van der Waals surface area contributed by atoms with Crippen molar-refractivity contribution in [3.8, 4) is 5.69 Å². The van der Waals surface area contributed by atoms with Crippen LogP contribution in [0.1, 0.15) is 5.56 Å². The molecule has 82 valence electrons. The minimum atomic E-state index is -0.437. The van der Waals surface area contributed by atoms with Crippen molar-refractivity contribution in [2.75, 3.05) is 0 Å². The van der Waals surface area contributed by atoms with Crippen LogP contribution in [0, 0.1) is 10.1 Å². The summed E-state index contributed by atoms with van der Waals surface area (Å²) in [5.41, 5.74) is 1.15. The summed E-state index contributed by atoms with van der Waals surface area (Å²) in [6, 6.07) is 6.56. The lowest BCUT2D eigenvalue weighted by Crippen LogP contribution is -2.01. The van der Waals surface area contributed by atoms with Gasteiger partial charge in [-0.25, -0.2) is 4.68 Å². The Hall–Kier alpha value is -1.88. The zero-order valence-electron chi connectivity index (χ0n) is 8.21. The monoisotopic (exact) mass is 237 g/mol. The molecule has 0 bridgehead atoms. The molecule has 16 heavy (non-hydrogen) atoms. The van der Waals surface area contributed by atoms with E-state index >= 15 is 0 Å². The first-order valence-corrected chi connectivity index (χ1v) is 5.09. The fourth-order valence-corrected chi connectivity index (χ4v) is 1.57. The van der Waals surface area contributed by atoms with Crippen LogP contribution in [-0.4, -0.2) is 14.7 Å². The fourth-order valence-electron chi connectivity index (χ4n) is 1.40. The summed E-state index contributed by atoms with van der Waals surface area (Å²) in [7, 11) is 0. The number of rotatable bonds is 3. The van der Waals surface area contributed by atoms with E-state index in [1.807, 2.05) is 0 Å². The van der Waals surface area contributed by atoms with Crippen LogP contribution >= 0.6 is 11.6 Å². The van der Waals surface area contributed by atoms with Gasteiger partial charge in [-0.3, -0.25) is 10.1 Å². The molecular formula is C10H8ClN3O2. The van der Waals surface area contributed by atoms with Crippen LogP contribution in [0.25, 0.3) is 5.69 Å². The maximum atomic E-state index is 10.9. The standard InChI is InChI=1S/C10H8ClN3O2/c11-7-8-2-3-9(10(6-8)14(15)16)13-5-1-4-12-13/h1-6H,7H2. The van der Waals surface area contributed by atoms with Crippen LogP contribution in [0.15, 0.2) is 36.7 Å². The summed E-state index contributed by atoms with van der Waals surface area (Å²) in [6.45, 7) is 0. The van der Waals surface area contributed by atoms with Gasteiger partial charge in [0.2, 0.25) is 0 Å². The van der Waals surface area contributed by atoms with E-state index in [1.54, 1.807) is 30.6 Å². The first-order chi connectivity index (χ1) is 7.72. The third-order valence-electron chi connectivity index (χ3n) is 2.14. The minimum absolute atomic E-state index is 0.00171. The highest BCUT2D eigenvalue weighted by molar-refractivity contribution is 6.17. The van der Waals surface area contributed by atoms with Crippen molar-refractivity contribution in [2.45, 2.75) is 5.88 Å². The van der Waals surface area contributed by atoms with E-state index in [4.69, 9.17) is 11.6 Å². The molecule has 0 spiro atoms. The number of hydrogen-bond acceptors (Lipinski definition) is 3. The minimum Gasteiger partial charge on any atom is -0.258 e. The summed E-state index contributed by atoms with van der Waals surface area (Å²) in [4.78, 5) is 10.5. The van der Waals surface area contributed by atoms with Gasteiger partial charge in [0.1, 0.15) is 5.69 Å². The highest BCUT2D eigenvalue weighted by atomic mass is 35.5. The van der Waals surface area contributed by atoms with Gasteiger partial charge in [-0.15, -0.1) is 11.6 Å². The van der Waals surface area contributed by atoms with E-state index < -0.39 is 4.92 Å². The number of aromatic nitrogens is 2. The van der Waals surface area contributed by atoms with Gasteiger partial charge in [0.15, 0.2) is 0 Å². The molecule has 0 aliphatic heterocycles. The summed E-state index contributed by atoms with van der Waals surface area (Å²) in [6.07, 6.45) is 3.22. The van der Waals surface area contributed by atoms with Crippen molar-refractivity contribution in [2.24, 2.45) is 0 Å². The number of alkyl halides is 1. The summed E-state index contributed by atoms with van der Waals surface area (Å²) in [5.74, 6) is 0.250. The molecule has 1 heterocycles. The van der Waals surface area contributed by atoms with Crippen LogP contribution in [0.2, 0.25) is 0 Å². The smallest absolute Gasteiger partial charge is 0.258 e. The van der Waals surface area contributed by atoms with Gasteiger partial charge in [-0.05, 0) is 17.7 Å².